The Hall–Kier alpha value is -0.0400. The van der Waals surface area contributed by atoms with Crippen LogP contribution in [0.2, 0.25) is 0 Å². The SMILES string of the molecule is CCCCCCCCCCC(CCCC)N1CCCCCCCCCCC1. The Balaban J connectivity index is 2.33. The van der Waals surface area contributed by atoms with Crippen LogP contribution in [-0.4, -0.2) is 24.0 Å². The van der Waals surface area contributed by atoms with Crippen molar-refractivity contribution in [1.29, 1.82) is 0 Å². The van der Waals surface area contributed by atoms with E-state index in [4.69, 9.17) is 0 Å². The molecule has 0 aliphatic carbocycles. The van der Waals surface area contributed by atoms with Gasteiger partial charge in [-0.3, -0.25) is 0 Å². The highest BCUT2D eigenvalue weighted by molar-refractivity contribution is 4.73. The zero-order valence-electron chi connectivity index (χ0n) is 19.3. The highest BCUT2D eigenvalue weighted by Crippen LogP contribution is 2.21. The summed E-state index contributed by atoms with van der Waals surface area (Å²) in [6, 6.07) is 0.882. The van der Waals surface area contributed by atoms with E-state index in [0.717, 1.165) is 6.04 Å². The van der Waals surface area contributed by atoms with E-state index < -0.39 is 0 Å². The van der Waals surface area contributed by atoms with Crippen molar-refractivity contribution < 1.29 is 0 Å². The molecule has 1 heteroatoms. The summed E-state index contributed by atoms with van der Waals surface area (Å²) in [4.78, 5) is 2.93. The average Bonchev–Trinajstić information content (AvgIpc) is 2.67. The molecule has 27 heavy (non-hydrogen) atoms. The molecule has 0 saturated carbocycles. The fourth-order valence-corrected chi connectivity index (χ4v) is 4.81. The maximum absolute atomic E-state index is 2.93. The van der Waals surface area contributed by atoms with Crippen LogP contribution in [0.25, 0.3) is 0 Å². The van der Waals surface area contributed by atoms with Gasteiger partial charge in [0.25, 0.3) is 0 Å². The highest BCUT2D eigenvalue weighted by atomic mass is 15.1. The second kappa shape index (κ2) is 19.3. The summed E-state index contributed by atoms with van der Waals surface area (Å²) in [6.07, 6.45) is 30.6. The maximum Gasteiger partial charge on any atom is 0.00952 e. The van der Waals surface area contributed by atoms with Gasteiger partial charge in [0.1, 0.15) is 0 Å². The molecule has 0 radical (unpaired) electrons. The smallest absolute Gasteiger partial charge is 0.00952 e. The Morgan fingerprint density at radius 3 is 1.41 bits per heavy atom. The van der Waals surface area contributed by atoms with E-state index in [1.165, 1.54) is 148 Å². The molecule has 1 heterocycles. The van der Waals surface area contributed by atoms with Crippen molar-refractivity contribution in [3.63, 3.8) is 0 Å². The van der Waals surface area contributed by atoms with Crippen LogP contribution in [0.4, 0.5) is 0 Å². The van der Waals surface area contributed by atoms with E-state index >= 15 is 0 Å². The fraction of sp³-hybridized carbons (Fsp3) is 1.00. The zero-order valence-corrected chi connectivity index (χ0v) is 19.3. The third-order valence-corrected chi connectivity index (χ3v) is 6.69. The summed E-state index contributed by atoms with van der Waals surface area (Å²) in [6.45, 7) is 7.44. The van der Waals surface area contributed by atoms with Gasteiger partial charge in [-0.1, -0.05) is 123 Å². The van der Waals surface area contributed by atoms with Crippen molar-refractivity contribution in [1.82, 2.24) is 4.90 Å². The molecule has 0 N–H and O–H groups in total. The van der Waals surface area contributed by atoms with Gasteiger partial charge in [-0.25, -0.2) is 0 Å². The van der Waals surface area contributed by atoms with Crippen molar-refractivity contribution in [2.75, 3.05) is 13.1 Å². The average molecular weight is 380 g/mol. The first kappa shape index (κ1) is 25.0. The van der Waals surface area contributed by atoms with Crippen molar-refractivity contribution in [3.05, 3.63) is 0 Å². The highest BCUT2D eigenvalue weighted by Gasteiger charge is 2.17. The van der Waals surface area contributed by atoms with Crippen LogP contribution in [0.15, 0.2) is 0 Å². The van der Waals surface area contributed by atoms with Crippen LogP contribution in [0.1, 0.15) is 149 Å². The molecule has 1 unspecified atom stereocenters. The second-order valence-electron chi connectivity index (χ2n) is 9.28. The summed E-state index contributed by atoms with van der Waals surface area (Å²) in [5, 5.41) is 0. The summed E-state index contributed by atoms with van der Waals surface area (Å²) in [5.41, 5.74) is 0. The Labute approximate surface area is 173 Å². The fourth-order valence-electron chi connectivity index (χ4n) is 4.81. The van der Waals surface area contributed by atoms with Gasteiger partial charge in [0.2, 0.25) is 0 Å². The van der Waals surface area contributed by atoms with Gasteiger partial charge < -0.3 is 4.90 Å². The first-order valence-corrected chi connectivity index (χ1v) is 13.1. The first-order valence-electron chi connectivity index (χ1n) is 13.1. The Bertz CT molecular complexity index is 276. The molecular weight excluding hydrogens is 326 g/mol. The third-order valence-electron chi connectivity index (χ3n) is 6.69. The molecule has 0 aromatic carbocycles. The topological polar surface area (TPSA) is 3.24 Å². The van der Waals surface area contributed by atoms with E-state index in [1.54, 1.807) is 0 Å². The van der Waals surface area contributed by atoms with Gasteiger partial charge in [0, 0.05) is 6.04 Å². The van der Waals surface area contributed by atoms with Gasteiger partial charge in [0.15, 0.2) is 0 Å². The predicted octanol–water partition coefficient (Wildman–Crippen LogP) is 8.90. The van der Waals surface area contributed by atoms with Crippen molar-refractivity contribution >= 4 is 0 Å². The molecule has 162 valence electrons. The van der Waals surface area contributed by atoms with E-state index in [1.807, 2.05) is 0 Å². The molecule has 0 spiro atoms. The normalized spacial score (nSPS) is 19.3. The molecule has 1 atom stereocenters. The number of nitrogens with zero attached hydrogens (tertiary/aromatic N) is 1. The van der Waals surface area contributed by atoms with Gasteiger partial charge >= 0.3 is 0 Å². The molecule has 1 rings (SSSR count). The minimum atomic E-state index is 0.882. The van der Waals surface area contributed by atoms with E-state index in [0.29, 0.717) is 0 Å². The predicted molar refractivity (Wildman–Crippen MR) is 124 cm³/mol. The largest absolute Gasteiger partial charge is 0.300 e. The molecule has 0 aromatic rings. The Kier molecular flexibility index (Phi) is 17.9. The number of hydrogen-bond donors (Lipinski definition) is 0. The van der Waals surface area contributed by atoms with Gasteiger partial charge in [-0.15, -0.1) is 0 Å². The summed E-state index contributed by atoms with van der Waals surface area (Å²) in [7, 11) is 0. The Morgan fingerprint density at radius 1 is 0.481 bits per heavy atom. The monoisotopic (exact) mass is 379 g/mol. The molecule has 1 aliphatic heterocycles. The molecular formula is C26H53N. The number of hydrogen-bond acceptors (Lipinski definition) is 1. The summed E-state index contributed by atoms with van der Waals surface area (Å²) >= 11 is 0. The maximum atomic E-state index is 2.93. The Morgan fingerprint density at radius 2 is 0.889 bits per heavy atom. The first-order chi connectivity index (χ1) is 13.4. The molecule has 0 amide bonds. The van der Waals surface area contributed by atoms with Gasteiger partial charge in [-0.05, 0) is 38.8 Å². The zero-order chi connectivity index (χ0) is 19.4. The molecule has 1 aliphatic rings. The van der Waals surface area contributed by atoms with Crippen molar-refractivity contribution in [3.8, 4) is 0 Å². The van der Waals surface area contributed by atoms with Gasteiger partial charge in [-0.2, -0.15) is 0 Å². The third kappa shape index (κ3) is 14.6. The molecule has 1 saturated heterocycles. The van der Waals surface area contributed by atoms with Gasteiger partial charge in [0.05, 0.1) is 0 Å². The van der Waals surface area contributed by atoms with E-state index in [9.17, 15) is 0 Å². The lowest BCUT2D eigenvalue weighted by Crippen LogP contribution is -2.37. The van der Waals surface area contributed by atoms with Crippen LogP contribution in [0.3, 0.4) is 0 Å². The van der Waals surface area contributed by atoms with Crippen LogP contribution in [0.5, 0.6) is 0 Å². The lowest BCUT2D eigenvalue weighted by Gasteiger charge is -2.32. The van der Waals surface area contributed by atoms with Crippen LogP contribution in [0, 0.1) is 0 Å². The second-order valence-corrected chi connectivity index (χ2v) is 9.28. The molecule has 1 nitrogen and oxygen atoms in total. The molecule has 0 bridgehead atoms. The number of unbranched alkanes of at least 4 members (excludes halogenated alkanes) is 8. The minimum absolute atomic E-state index is 0.882. The number of rotatable bonds is 13. The van der Waals surface area contributed by atoms with E-state index in [-0.39, 0.29) is 0 Å². The standard InChI is InChI=1S/C26H53N/c1-3-5-7-8-9-13-16-19-23-26(22-6-4-2)27-24-20-17-14-11-10-12-15-18-21-25-27/h26H,3-25H2,1-2H3. The van der Waals surface area contributed by atoms with Crippen LogP contribution in [-0.2, 0) is 0 Å². The molecule has 0 aromatic heterocycles. The quantitative estimate of drug-likeness (QED) is 0.289. The lowest BCUT2D eigenvalue weighted by atomic mass is 9.98. The summed E-state index contributed by atoms with van der Waals surface area (Å²) in [5.74, 6) is 0. The lowest BCUT2D eigenvalue weighted by molar-refractivity contribution is 0.163. The summed E-state index contributed by atoms with van der Waals surface area (Å²) < 4.78 is 0. The van der Waals surface area contributed by atoms with Crippen LogP contribution < -0.4 is 0 Å². The van der Waals surface area contributed by atoms with Crippen molar-refractivity contribution in [2.45, 2.75) is 155 Å². The van der Waals surface area contributed by atoms with E-state index in [2.05, 4.69) is 18.7 Å². The van der Waals surface area contributed by atoms with Crippen molar-refractivity contribution in [2.24, 2.45) is 0 Å². The van der Waals surface area contributed by atoms with Crippen LogP contribution >= 0.6 is 0 Å². The minimum Gasteiger partial charge on any atom is -0.300 e. The molecule has 1 fully saturated rings.